The summed E-state index contributed by atoms with van der Waals surface area (Å²) in [5, 5.41) is 7.33. The van der Waals surface area contributed by atoms with Crippen LogP contribution >= 0.6 is 0 Å². The number of rotatable bonds is 6. The van der Waals surface area contributed by atoms with Crippen LogP contribution in [0.4, 0.5) is 0 Å². The number of nitrogens with two attached hydrogens (primary N) is 1. The van der Waals surface area contributed by atoms with Crippen molar-refractivity contribution in [2.75, 3.05) is 13.1 Å². The van der Waals surface area contributed by atoms with Gasteiger partial charge in [0.25, 0.3) is 0 Å². The molecule has 0 aliphatic rings. The summed E-state index contributed by atoms with van der Waals surface area (Å²) >= 11 is 0. The van der Waals surface area contributed by atoms with Gasteiger partial charge < -0.3 is 5.73 Å². The fraction of sp³-hybridized carbons (Fsp3) is 0.417. The Labute approximate surface area is 108 Å². The van der Waals surface area contributed by atoms with E-state index in [2.05, 4.69) is 0 Å². The van der Waals surface area contributed by atoms with Crippen LogP contribution < -0.4 is 5.73 Å². The van der Waals surface area contributed by atoms with Crippen LogP contribution in [0.25, 0.3) is 0 Å². The van der Waals surface area contributed by atoms with Gasteiger partial charge in [0, 0.05) is 19.0 Å². The largest absolute Gasteiger partial charge is 0.387 e. The van der Waals surface area contributed by atoms with Gasteiger partial charge in [-0.15, -0.1) is 0 Å². The van der Waals surface area contributed by atoms with Crippen LogP contribution in [0.1, 0.15) is 13.8 Å². The summed E-state index contributed by atoms with van der Waals surface area (Å²) in [5.41, 5.74) is 5.38. The minimum Gasteiger partial charge on any atom is -0.387 e. The van der Waals surface area contributed by atoms with Crippen LogP contribution in [0, 0.1) is 11.3 Å². The molecule has 0 spiro atoms. The van der Waals surface area contributed by atoms with Crippen LogP contribution in [-0.2, 0) is 10.0 Å². The van der Waals surface area contributed by atoms with E-state index in [4.69, 9.17) is 11.1 Å². The zero-order valence-electron chi connectivity index (χ0n) is 10.6. The molecule has 0 fully saturated rings. The van der Waals surface area contributed by atoms with E-state index in [1.54, 1.807) is 44.2 Å². The number of nitrogens with zero attached hydrogens (tertiary/aromatic N) is 1. The maximum absolute atomic E-state index is 12.3. The third kappa shape index (κ3) is 3.30. The van der Waals surface area contributed by atoms with Crippen LogP contribution in [0.15, 0.2) is 35.2 Å². The third-order valence-electron chi connectivity index (χ3n) is 2.74. The summed E-state index contributed by atoms with van der Waals surface area (Å²) in [6.07, 6.45) is 0. The highest BCUT2D eigenvalue weighted by atomic mass is 32.2. The first-order chi connectivity index (χ1) is 8.39. The van der Waals surface area contributed by atoms with Gasteiger partial charge >= 0.3 is 0 Å². The van der Waals surface area contributed by atoms with Crippen molar-refractivity contribution in [3.05, 3.63) is 30.3 Å². The second-order valence-electron chi connectivity index (χ2n) is 4.13. The first kappa shape index (κ1) is 14.7. The predicted octanol–water partition coefficient (Wildman–Crippen LogP) is 1.27. The Morgan fingerprint density at radius 3 is 2.39 bits per heavy atom. The number of benzene rings is 1. The average Bonchev–Trinajstić information content (AvgIpc) is 2.36. The quantitative estimate of drug-likeness (QED) is 0.602. The summed E-state index contributed by atoms with van der Waals surface area (Å²) in [6, 6.07) is 8.28. The van der Waals surface area contributed by atoms with Crippen LogP contribution in [-0.4, -0.2) is 31.6 Å². The van der Waals surface area contributed by atoms with Gasteiger partial charge in [-0.25, -0.2) is 8.42 Å². The Morgan fingerprint density at radius 2 is 1.94 bits per heavy atom. The highest BCUT2D eigenvalue weighted by Crippen LogP contribution is 2.16. The average molecular weight is 269 g/mol. The maximum atomic E-state index is 12.3. The van der Waals surface area contributed by atoms with E-state index in [9.17, 15) is 8.42 Å². The van der Waals surface area contributed by atoms with Crippen molar-refractivity contribution in [3.63, 3.8) is 0 Å². The molecular weight excluding hydrogens is 250 g/mol. The van der Waals surface area contributed by atoms with Crippen molar-refractivity contribution in [3.8, 4) is 0 Å². The lowest BCUT2D eigenvalue weighted by molar-refractivity contribution is 0.403. The standard InChI is InChI=1S/C12H19N3O2S/c1-3-15(9-10(2)12(13)14)18(16,17)11-7-5-4-6-8-11/h4-8,10H,3,9H2,1-2H3,(H3,13,14). The third-order valence-corrected chi connectivity index (χ3v) is 4.70. The summed E-state index contributed by atoms with van der Waals surface area (Å²) in [7, 11) is -3.50. The van der Waals surface area contributed by atoms with Gasteiger partial charge in [0.1, 0.15) is 0 Å². The molecular formula is C12H19N3O2S. The molecule has 0 aliphatic carbocycles. The Morgan fingerprint density at radius 1 is 1.39 bits per heavy atom. The molecule has 0 amide bonds. The molecule has 1 rings (SSSR count). The van der Waals surface area contributed by atoms with Crippen molar-refractivity contribution >= 4 is 15.9 Å². The predicted molar refractivity (Wildman–Crippen MR) is 72.0 cm³/mol. The number of hydrogen-bond acceptors (Lipinski definition) is 3. The second-order valence-corrected chi connectivity index (χ2v) is 6.06. The van der Waals surface area contributed by atoms with Gasteiger partial charge in [0.2, 0.25) is 10.0 Å². The van der Waals surface area contributed by atoms with E-state index in [1.807, 2.05) is 0 Å². The molecule has 0 saturated heterocycles. The Balaban J connectivity index is 2.98. The number of sulfonamides is 1. The molecule has 1 atom stereocenters. The second kappa shape index (κ2) is 5.97. The van der Waals surface area contributed by atoms with E-state index >= 15 is 0 Å². The maximum Gasteiger partial charge on any atom is 0.243 e. The normalized spacial score (nSPS) is 13.5. The lowest BCUT2D eigenvalue weighted by Crippen LogP contribution is -2.38. The molecule has 1 unspecified atom stereocenters. The van der Waals surface area contributed by atoms with E-state index in [0.717, 1.165) is 0 Å². The number of hydrogen-bond donors (Lipinski definition) is 2. The molecule has 0 heterocycles. The zero-order valence-corrected chi connectivity index (χ0v) is 11.4. The van der Waals surface area contributed by atoms with Crippen molar-refractivity contribution in [1.29, 1.82) is 5.41 Å². The first-order valence-corrected chi connectivity index (χ1v) is 7.22. The van der Waals surface area contributed by atoms with Gasteiger partial charge in [-0.05, 0) is 12.1 Å². The van der Waals surface area contributed by atoms with Crippen molar-refractivity contribution < 1.29 is 8.42 Å². The molecule has 0 saturated carbocycles. The molecule has 0 aliphatic heterocycles. The Kier molecular flexibility index (Phi) is 4.86. The molecule has 1 aromatic rings. The number of amidine groups is 1. The highest BCUT2D eigenvalue weighted by molar-refractivity contribution is 7.89. The fourth-order valence-electron chi connectivity index (χ4n) is 1.54. The van der Waals surface area contributed by atoms with Crippen LogP contribution in [0.5, 0.6) is 0 Å². The highest BCUT2D eigenvalue weighted by Gasteiger charge is 2.24. The van der Waals surface area contributed by atoms with Crippen LogP contribution in [0.3, 0.4) is 0 Å². The zero-order chi connectivity index (χ0) is 13.8. The molecule has 0 bridgehead atoms. The topological polar surface area (TPSA) is 87.2 Å². The summed E-state index contributed by atoms with van der Waals surface area (Å²) in [6.45, 7) is 4.09. The fourth-order valence-corrected chi connectivity index (χ4v) is 3.10. The first-order valence-electron chi connectivity index (χ1n) is 5.78. The summed E-state index contributed by atoms with van der Waals surface area (Å²) in [5.74, 6) is -0.292. The van der Waals surface area contributed by atoms with Gasteiger partial charge in [-0.1, -0.05) is 32.0 Å². The van der Waals surface area contributed by atoms with Gasteiger partial charge in [-0.3, -0.25) is 5.41 Å². The molecule has 1 aromatic carbocycles. The number of nitrogens with one attached hydrogen (secondary N) is 1. The molecule has 18 heavy (non-hydrogen) atoms. The minimum absolute atomic E-state index is 0.00304. The van der Waals surface area contributed by atoms with E-state index in [-0.39, 0.29) is 23.2 Å². The van der Waals surface area contributed by atoms with Gasteiger partial charge in [0.05, 0.1) is 10.7 Å². The lowest BCUT2D eigenvalue weighted by atomic mass is 10.1. The minimum atomic E-state index is -3.50. The van der Waals surface area contributed by atoms with Gasteiger partial charge in [-0.2, -0.15) is 4.31 Å². The Bertz CT molecular complexity index is 499. The molecule has 6 heteroatoms. The molecule has 5 nitrogen and oxygen atoms in total. The summed E-state index contributed by atoms with van der Waals surface area (Å²) in [4.78, 5) is 0.266. The molecule has 100 valence electrons. The SMILES string of the molecule is CCN(CC(C)C(=N)N)S(=O)(=O)c1ccccc1. The monoisotopic (exact) mass is 269 g/mol. The lowest BCUT2D eigenvalue weighted by Gasteiger charge is -2.23. The van der Waals surface area contributed by atoms with Crippen LogP contribution in [0.2, 0.25) is 0 Å². The van der Waals surface area contributed by atoms with Crippen molar-refractivity contribution in [1.82, 2.24) is 4.31 Å². The molecule has 3 N–H and O–H groups in total. The van der Waals surface area contributed by atoms with Gasteiger partial charge in [0.15, 0.2) is 0 Å². The van der Waals surface area contributed by atoms with E-state index in [0.29, 0.717) is 6.54 Å². The van der Waals surface area contributed by atoms with Crippen molar-refractivity contribution in [2.24, 2.45) is 11.7 Å². The molecule has 0 radical (unpaired) electrons. The smallest absolute Gasteiger partial charge is 0.243 e. The van der Waals surface area contributed by atoms with Crippen molar-refractivity contribution in [2.45, 2.75) is 18.7 Å². The molecule has 0 aromatic heterocycles. The van der Waals surface area contributed by atoms with E-state index < -0.39 is 10.0 Å². The summed E-state index contributed by atoms with van der Waals surface area (Å²) < 4.78 is 26.0. The Hall–Kier alpha value is -1.40. The van der Waals surface area contributed by atoms with E-state index in [1.165, 1.54) is 4.31 Å².